The predicted octanol–water partition coefficient (Wildman–Crippen LogP) is 1.46. The van der Waals surface area contributed by atoms with Gasteiger partial charge >= 0.3 is 7.12 Å². The quantitative estimate of drug-likeness (QED) is 0.797. The lowest BCUT2D eigenvalue weighted by Crippen LogP contribution is -2.30. The Morgan fingerprint density at radius 1 is 1.20 bits per heavy atom. The van der Waals surface area contributed by atoms with Gasteiger partial charge in [-0.1, -0.05) is 23.2 Å². The van der Waals surface area contributed by atoms with Crippen LogP contribution in [0.2, 0.25) is 10.0 Å². The smallest absolute Gasteiger partial charge is 0.489 e. The summed E-state index contributed by atoms with van der Waals surface area (Å²) in [4.78, 5) is 0. The first kappa shape index (κ1) is 12.7. The highest BCUT2D eigenvalue weighted by molar-refractivity contribution is 6.63. The van der Waals surface area contributed by atoms with Gasteiger partial charge in [0.25, 0.3) is 0 Å². The van der Waals surface area contributed by atoms with E-state index < -0.39 is 7.12 Å². The molecule has 0 unspecified atom stereocenters. The fourth-order valence-electron chi connectivity index (χ4n) is 1.09. The molecule has 0 radical (unpaired) electrons. The van der Waals surface area contributed by atoms with Gasteiger partial charge in [0.05, 0.1) is 11.1 Å². The van der Waals surface area contributed by atoms with Crippen LogP contribution >= 0.6 is 23.2 Å². The monoisotopic (exact) mass is 248 g/mol. The highest BCUT2D eigenvalue weighted by Crippen LogP contribution is 2.27. The Morgan fingerprint density at radius 2 is 1.80 bits per heavy atom. The van der Waals surface area contributed by atoms with Crippen molar-refractivity contribution >= 4 is 35.8 Å². The standard InChI is InChI=1S/C9H11BCl2O3/c1-5(2)15-9-4-7(11)6(10(13)14)3-8(9)12/h3-5,13-14H,1-2H3. The van der Waals surface area contributed by atoms with Crippen molar-refractivity contribution in [2.75, 3.05) is 0 Å². The summed E-state index contributed by atoms with van der Waals surface area (Å²) < 4.78 is 5.38. The molecule has 0 aliphatic rings. The topological polar surface area (TPSA) is 49.7 Å². The van der Waals surface area contributed by atoms with E-state index in [0.29, 0.717) is 10.8 Å². The van der Waals surface area contributed by atoms with E-state index in [-0.39, 0.29) is 16.6 Å². The molecular formula is C9H11BCl2O3. The van der Waals surface area contributed by atoms with Gasteiger partial charge in [-0.15, -0.1) is 0 Å². The maximum absolute atomic E-state index is 8.97. The molecule has 2 N–H and O–H groups in total. The third-order valence-electron chi connectivity index (χ3n) is 1.69. The first-order chi connectivity index (χ1) is 6.91. The SMILES string of the molecule is CC(C)Oc1cc(Cl)c(B(O)O)cc1Cl. The van der Waals surface area contributed by atoms with Crippen molar-refractivity contribution < 1.29 is 14.8 Å². The molecule has 0 saturated heterocycles. The summed E-state index contributed by atoms with van der Waals surface area (Å²) in [6.07, 6.45) is -0.0246. The summed E-state index contributed by atoms with van der Waals surface area (Å²) in [5.41, 5.74) is 0.165. The number of benzene rings is 1. The minimum atomic E-state index is -1.64. The van der Waals surface area contributed by atoms with Crippen LogP contribution in [0.25, 0.3) is 0 Å². The zero-order valence-electron chi connectivity index (χ0n) is 8.37. The Bertz CT molecular complexity index is 355. The molecule has 0 aliphatic heterocycles. The molecule has 0 aliphatic carbocycles. The van der Waals surface area contributed by atoms with Gasteiger partial charge in [0, 0.05) is 10.5 Å². The largest absolute Gasteiger partial charge is 0.490 e. The molecule has 3 nitrogen and oxygen atoms in total. The van der Waals surface area contributed by atoms with Gasteiger partial charge in [-0.25, -0.2) is 0 Å². The molecule has 0 saturated carbocycles. The van der Waals surface area contributed by atoms with Gasteiger partial charge in [-0.05, 0) is 26.0 Å². The van der Waals surface area contributed by atoms with Crippen molar-refractivity contribution in [1.29, 1.82) is 0 Å². The Kier molecular flexibility index (Phi) is 4.28. The summed E-state index contributed by atoms with van der Waals surface area (Å²) in [6, 6.07) is 2.85. The molecule has 1 rings (SSSR count). The van der Waals surface area contributed by atoms with E-state index >= 15 is 0 Å². The van der Waals surface area contributed by atoms with Gasteiger partial charge in [0.1, 0.15) is 5.75 Å². The summed E-state index contributed by atoms with van der Waals surface area (Å²) in [5.74, 6) is 0.432. The highest BCUT2D eigenvalue weighted by atomic mass is 35.5. The molecule has 0 atom stereocenters. The van der Waals surface area contributed by atoms with E-state index in [1.165, 1.54) is 12.1 Å². The predicted molar refractivity (Wildman–Crippen MR) is 62.1 cm³/mol. The van der Waals surface area contributed by atoms with Crippen molar-refractivity contribution in [2.45, 2.75) is 20.0 Å². The van der Waals surface area contributed by atoms with E-state index in [4.69, 9.17) is 38.0 Å². The number of ether oxygens (including phenoxy) is 1. The Hall–Kier alpha value is -0.415. The molecule has 1 aromatic carbocycles. The van der Waals surface area contributed by atoms with Gasteiger partial charge in [-0.3, -0.25) is 0 Å². The van der Waals surface area contributed by atoms with Gasteiger partial charge in [-0.2, -0.15) is 0 Å². The Labute approximate surface area is 98.7 Å². The first-order valence-electron chi connectivity index (χ1n) is 4.43. The van der Waals surface area contributed by atoms with E-state index in [2.05, 4.69) is 0 Å². The summed E-state index contributed by atoms with van der Waals surface area (Å²) in [7, 11) is -1.64. The van der Waals surface area contributed by atoms with E-state index in [1.807, 2.05) is 13.8 Å². The van der Waals surface area contributed by atoms with Crippen LogP contribution in [-0.4, -0.2) is 23.3 Å². The molecule has 0 spiro atoms. The van der Waals surface area contributed by atoms with E-state index in [9.17, 15) is 0 Å². The minimum absolute atomic E-state index is 0.0246. The van der Waals surface area contributed by atoms with Gasteiger partial charge in [0.15, 0.2) is 0 Å². The number of hydrogen-bond acceptors (Lipinski definition) is 3. The van der Waals surface area contributed by atoms with Gasteiger partial charge < -0.3 is 14.8 Å². The molecule has 82 valence electrons. The second kappa shape index (κ2) is 5.08. The Balaban J connectivity index is 3.08. The maximum atomic E-state index is 8.97. The normalized spacial score (nSPS) is 10.6. The second-order valence-electron chi connectivity index (χ2n) is 3.34. The van der Waals surface area contributed by atoms with Crippen molar-refractivity contribution in [1.82, 2.24) is 0 Å². The van der Waals surface area contributed by atoms with Crippen molar-refractivity contribution in [3.63, 3.8) is 0 Å². The average Bonchev–Trinajstić information content (AvgIpc) is 2.09. The molecule has 0 fully saturated rings. The maximum Gasteiger partial charge on any atom is 0.490 e. The molecular weight excluding hydrogens is 238 g/mol. The zero-order valence-corrected chi connectivity index (χ0v) is 9.88. The van der Waals surface area contributed by atoms with Crippen LogP contribution in [0, 0.1) is 0 Å². The second-order valence-corrected chi connectivity index (χ2v) is 4.16. The van der Waals surface area contributed by atoms with Crippen LogP contribution in [0.5, 0.6) is 5.75 Å². The summed E-state index contributed by atoms with van der Waals surface area (Å²) >= 11 is 11.7. The molecule has 15 heavy (non-hydrogen) atoms. The van der Waals surface area contributed by atoms with Crippen molar-refractivity contribution in [3.05, 3.63) is 22.2 Å². The third kappa shape index (κ3) is 3.28. The van der Waals surface area contributed by atoms with Crippen molar-refractivity contribution in [2.24, 2.45) is 0 Å². The van der Waals surface area contributed by atoms with Crippen LogP contribution in [0.3, 0.4) is 0 Å². The molecule has 0 amide bonds. The molecule has 6 heteroatoms. The van der Waals surface area contributed by atoms with Crippen LogP contribution in [-0.2, 0) is 0 Å². The van der Waals surface area contributed by atoms with Crippen LogP contribution in [0.4, 0.5) is 0 Å². The minimum Gasteiger partial charge on any atom is -0.489 e. The lowest BCUT2D eigenvalue weighted by atomic mass is 9.80. The molecule has 0 aromatic heterocycles. The molecule has 0 heterocycles. The fraction of sp³-hybridized carbons (Fsp3) is 0.333. The van der Waals surface area contributed by atoms with Crippen molar-refractivity contribution in [3.8, 4) is 5.75 Å². The first-order valence-corrected chi connectivity index (χ1v) is 5.19. The number of halogens is 2. The van der Waals surface area contributed by atoms with E-state index in [1.54, 1.807) is 0 Å². The Morgan fingerprint density at radius 3 is 2.27 bits per heavy atom. The highest BCUT2D eigenvalue weighted by Gasteiger charge is 2.18. The van der Waals surface area contributed by atoms with Gasteiger partial charge in [0.2, 0.25) is 0 Å². The fourth-order valence-corrected chi connectivity index (χ4v) is 1.55. The van der Waals surface area contributed by atoms with Crippen LogP contribution < -0.4 is 10.2 Å². The lowest BCUT2D eigenvalue weighted by Gasteiger charge is -2.13. The third-order valence-corrected chi connectivity index (χ3v) is 2.31. The van der Waals surface area contributed by atoms with Crippen LogP contribution in [0.15, 0.2) is 12.1 Å². The summed E-state index contributed by atoms with van der Waals surface area (Å²) in [5, 5.41) is 18.5. The average molecular weight is 249 g/mol. The number of rotatable bonds is 3. The number of hydrogen-bond donors (Lipinski definition) is 2. The zero-order chi connectivity index (χ0) is 11.6. The van der Waals surface area contributed by atoms with E-state index in [0.717, 1.165) is 0 Å². The lowest BCUT2D eigenvalue weighted by molar-refractivity contribution is 0.242. The van der Waals surface area contributed by atoms with Crippen LogP contribution in [0.1, 0.15) is 13.8 Å². The molecule has 1 aromatic rings. The summed E-state index contributed by atoms with van der Waals surface area (Å²) in [6.45, 7) is 3.72. The molecule has 0 bridgehead atoms.